The Labute approximate surface area is 158 Å². The van der Waals surface area contributed by atoms with E-state index in [0.717, 1.165) is 11.3 Å². The Morgan fingerprint density at radius 1 is 0.778 bits per heavy atom. The third-order valence-electron chi connectivity index (χ3n) is 3.99. The second-order valence-corrected chi connectivity index (χ2v) is 5.97. The van der Waals surface area contributed by atoms with Gasteiger partial charge in [0.15, 0.2) is 0 Å². The van der Waals surface area contributed by atoms with Crippen molar-refractivity contribution in [3.63, 3.8) is 0 Å². The fourth-order valence-electron chi connectivity index (χ4n) is 2.56. The van der Waals surface area contributed by atoms with Crippen molar-refractivity contribution in [2.75, 3.05) is 17.7 Å². The highest BCUT2D eigenvalue weighted by molar-refractivity contribution is 6.04. The van der Waals surface area contributed by atoms with Gasteiger partial charge >= 0.3 is 0 Å². The normalized spacial score (nSPS) is 10.1. The first kappa shape index (κ1) is 18.2. The molecule has 0 aromatic heterocycles. The van der Waals surface area contributed by atoms with Crippen molar-refractivity contribution >= 4 is 23.2 Å². The molecule has 27 heavy (non-hydrogen) atoms. The van der Waals surface area contributed by atoms with Crippen molar-refractivity contribution in [2.45, 2.75) is 6.42 Å². The number of carbonyl (C=O) groups is 2. The summed E-state index contributed by atoms with van der Waals surface area (Å²) in [6, 6.07) is 23.4. The van der Waals surface area contributed by atoms with Gasteiger partial charge < -0.3 is 15.4 Å². The summed E-state index contributed by atoms with van der Waals surface area (Å²) in [5.41, 5.74) is 2.83. The molecule has 5 nitrogen and oxygen atoms in total. The molecule has 0 heterocycles. The minimum atomic E-state index is -0.174. The van der Waals surface area contributed by atoms with Crippen molar-refractivity contribution in [3.8, 4) is 5.75 Å². The number of benzene rings is 3. The van der Waals surface area contributed by atoms with Gasteiger partial charge in [-0.1, -0.05) is 30.3 Å². The van der Waals surface area contributed by atoms with Gasteiger partial charge in [-0.15, -0.1) is 0 Å². The summed E-state index contributed by atoms with van der Waals surface area (Å²) in [7, 11) is 1.60. The van der Waals surface area contributed by atoms with Gasteiger partial charge in [-0.05, 0) is 54.1 Å². The molecule has 0 atom stereocenters. The third-order valence-corrected chi connectivity index (χ3v) is 3.99. The molecule has 5 heteroatoms. The van der Waals surface area contributed by atoms with Crippen molar-refractivity contribution < 1.29 is 14.3 Å². The Hall–Kier alpha value is -3.60. The molecule has 2 N–H and O–H groups in total. The molecule has 0 unspecified atom stereocenters. The van der Waals surface area contributed by atoms with Crippen LogP contribution in [0.2, 0.25) is 0 Å². The van der Waals surface area contributed by atoms with Crippen LogP contribution in [0.15, 0.2) is 78.9 Å². The molecule has 136 valence electrons. The maximum atomic E-state index is 12.2. The van der Waals surface area contributed by atoms with Crippen molar-refractivity contribution in [3.05, 3.63) is 90.0 Å². The summed E-state index contributed by atoms with van der Waals surface area (Å²) >= 11 is 0. The highest BCUT2D eigenvalue weighted by Crippen LogP contribution is 2.16. The van der Waals surface area contributed by atoms with E-state index in [1.165, 1.54) is 0 Å². The number of anilines is 2. The Bertz CT molecular complexity index is 905. The van der Waals surface area contributed by atoms with E-state index in [9.17, 15) is 9.59 Å². The molecule has 2 amide bonds. The number of nitrogens with one attached hydrogen (secondary N) is 2. The summed E-state index contributed by atoms with van der Waals surface area (Å²) in [4.78, 5) is 24.3. The first-order valence-corrected chi connectivity index (χ1v) is 8.53. The van der Waals surface area contributed by atoms with Crippen LogP contribution in [-0.2, 0) is 11.2 Å². The second-order valence-electron chi connectivity index (χ2n) is 5.97. The predicted molar refractivity (Wildman–Crippen MR) is 106 cm³/mol. The average Bonchev–Trinajstić information content (AvgIpc) is 2.70. The van der Waals surface area contributed by atoms with Crippen LogP contribution in [0, 0.1) is 0 Å². The number of amides is 2. The predicted octanol–water partition coefficient (Wildman–Crippen LogP) is 4.13. The lowest BCUT2D eigenvalue weighted by Crippen LogP contribution is -2.14. The number of methoxy groups -OCH3 is 1. The van der Waals surface area contributed by atoms with Gasteiger partial charge in [-0.25, -0.2) is 0 Å². The molecule has 3 aromatic carbocycles. The number of ether oxygens (including phenoxy) is 1. The van der Waals surface area contributed by atoms with Gasteiger partial charge in [0.2, 0.25) is 5.91 Å². The van der Waals surface area contributed by atoms with Crippen molar-refractivity contribution in [2.24, 2.45) is 0 Å². The Balaban J connectivity index is 1.55. The van der Waals surface area contributed by atoms with Gasteiger partial charge in [0.1, 0.15) is 5.75 Å². The van der Waals surface area contributed by atoms with Crippen LogP contribution in [-0.4, -0.2) is 18.9 Å². The molecule has 3 aromatic rings. The molecule has 0 saturated carbocycles. The highest BCUT2D eigenvalue weighted by atomic mass is 16.5. The second kappa shape index (κ2) is 8.67. The molecule has 0 radical (unpaired) electrons. The lowest BCUT2D eigenvalue weighted by Gasteiger charge is -2.08. The highest BCUT2D eigenvalue weighted by Gasteiger charge is 2.07. The molecule has 0 spiro atoms. The fraction of sp³-hybridized carbons (Fsp3) is 0.0909. The monoisotopic (exact) mass is 360 g/mol. The first-order valence-electron chi connectivity index (χ1n) is 8.53. The molecule has 0 aliphatic heterocycles. The van der Waals surface area contributed by atoms with Crippen molar-refractivity contribution in [1.29, 1.82) is 0 Å². The number of hydrogen-bond acceptors (Lipinski definition) is 3. The Morgan fingerprint density at radius 3 is 1.96 bits per heavy atom. The third kappa shape index (κ3) is 5.19. The number of carbonyl (C=O) groups excluding carboxylic acids is 2. The zero-order chi connectivity index (χ0) is 19.1. The van der Waals surface area contributed by atoms with Crippen LogP contribution in [0.1, 0.15) is 15.9 Å². The maximum absolute atomic E-state index is 12.2. The van der Waals surface area contributed by atoms with Gasteiger partial charge in [-0.2, -0.15) is 0 Å². The van der Waals surface area contributed by atoms with Gasteiger partial charge in [-0.3, -0.25) is 9.59 Å². The zero-order valence-corrected chi connectivity index (χ0v) is 14.9. The summed E-state index contributed by atoms with van der Waals surface area (Å²) in [6.45, 7) is 0. The smallest absolute Gasteiger partial charge is 0.255 e. The van der Waals surface area contributed by atoms with E-state index in [2.05, 4.69) is 10.6 Å². The Morgan fingerprint density at radius 2 is 1.37 bits per heavy atom. The Kier molecular flexibility index (Phi) is 5.84. The van der Waals surface area contributed by atoms with E-state index < -0.39 is 0 Å². The summed E-state index contributed by atoms with van der Waals surface area (Å²) in [6.07, 6.45) is 0.274. The topological polar surface area (TPSA) is 67.4 Å². The van der Waals surface area contributed by atoms with Crippen LogP contribution in [0.4, 0.5) is 11.4 Å². The van der Waals surface area contributed by atoms with E-state index in [4.69, 9.17) is 4.74 Å². The van der Waals surface area contributed by atoms with Crippen LogP contribution >= 0.6 is 0 Å². The van der Waals surface area contributed by atoms with E-state index >= 15 is 0 Å². The molecule has 0 fully saturated rings. The molecule has 0 aliphatic rings. The molecular formula is C22H20N2O3. The molecule has 3 rings (SSSR count). The van der Waals surface area contributed by atoms with Crippen LogP contribution in [0.3, 0.4) is 0 Å². The zero-order valence-electron chi connectivity index (χ0n) is 14.9. The van der Waals surface area contributed by atoms with E-state index in [0.29, 0.717) is 16.9 Å². The van der Waals surface area contributed by atoms with Crippen molar-refractivity contribution in [1.82, 2.24) is 0 Å². The lowest BCUT2D eigenvalue weighted by molar-refractivity contribution is -0.115. The molecule has 0 saturated heterocycles. The molecule has 0 aliphatic carbocycles. The summed E-state index contributed by atoms with van der Waals surface area (Å²) in [5, 5.41) is 5.67. The minimum absolute atomic E-state index is 0.110. The van der Waals surface area contributed by atoms with Gasteiger partial charge in [0.05, 0.1) is 13.5 Å². The minimum Gasteiger partial charge on any atom is -0.497 e. The van der Waals surface area contributed by atoms with Crippen LogP contribution < -0.4 is 15.4 Å². The largest absolute Gasteiger partial charge is 0.497 e. The SMILES string of the molecule is COc1ccc(CC(=O)Nc2ccc(NC(=O)c3ccccc3)cc2)cc1. The van der Waals surface area contributed by atoms with Gasteiger partial charge in [0.25, 0.3) is 5.91 Å². The number of hydrogen-bond donors (Lipinski definition) is 2. The molecular weight excluding hydrogens is 340 g/mol. The van der Waals surface area contributed by atoms with E-state index in [1.54, 1.807) is 43.5 Å². The van der Waals surface area contributed by atoms with Gasteiger partial charge in [0, 0.05) is 16.9 Å². The standard InChI is InChI=1S/C22H20N2O3/c1-27-20-13-7-16(8-14-20)15-21(25)23-18-9-11-19(12-10-18)24-22(26)17-5-3-2-4-6-17/h2-14H,15H2,1H3,(H,23,25)(H,24,26). The summed E-state index contributed by atoms with van der Waals surface area (Å²) < 4.78 is 5.11. The maximum Gasteiger partial charge on any atom is 0.255 e. The summed E-state index contributed by atoms with van der Waals surface area (Å²) in [5.74, 6) is 0.473. The van der Waals surface area contributed by atoms with E-state index in [-0.39, 0.29) is 18.2 Å². The first-order chi connectivity index (χ1) is 13.1. The lowest BCUT2D eigenvalue weighted by atomic mass is 10.1. The molecule has 0 bridgehead atoms. The van der Waals surface area contributed by atoms with Crippen LogP contribution in [0.25, 0.3) is 0 Å². The fourth-order valence-corrected chi connectivity index (χ4v) is 2.56. The number of rotatable bonds is 6. The van der Waals surface area contributed by atoms with E-state index in [1.807, 2.05) is 42.5 Å². The van der Waals surface area contributed by atoms with Crippen LogP contribution in [0.5, 0.6) is 5.75 Å². The average molecular weight is 360 g/mol. The quantitative estimate of drug-likeness (QED) is 0.695.